The third-order valence-electron chi connectivity index (χ3n) is 3.54. The van der Waals surface area contributed by atoms with E-state index in [0.29, 0.717) is 16.3 Å². The lowest BCUT2D eigenvalue weighted by Gasteiger charge is -2.10. The lowest BCUT2D eigenvalue weighted by molar-refractivity contribution is 0.550. The van der Waals surface area contributed by atoms with Gasteiger partial charge in [-0.2, -0.15) is 8.42 Å². The summed E-state index contributed by atoms with van der Waals surface area (Å²) in [5.41, 5.74) is 1.54. The molecular weight excluding hydrogens is 370 g/mol. The van der Waals surface area contributed by atoms with Crippen LogP contribution < -0.4 is 4.74 Å². The Bertz CT molecular complexity index is 1030. The van der Waals surface area contributed by atoms with Crippen LogP contribution in [0, 0.1) is 6.92 Å². The molecule has 4 nitrogen and oxygen atoms in total. The van der Waals surface area contributed by atoms with Crippen LogP contribution in [-0.4, -0.2) is 14.3 Å². The molecule has 0 atom stereocenters. The van der Waals surface area contributed by atoms with Gasteiger partial charge in [0.1, 0.15) is 5.75 Å². The second kappa shape index (κ2) is 7.72. The third kappa shape index (κ3) is 4.50. The van der Waals surface area contributed by atoms with Gasteiger partial charge in [0.15, 0.2) is 0 Å². The van der Waals surface area contributed by atoms with Crippen molar-refractivity contribution in [2.45, 2.75) is 11.8 Å². The number of benzene rings is 3. The smallest absolute Gasteiger partial charge is 0.285 e. The van der Waals surface area contributed by atoms with E-state index in [9.17, 15) is 8.42 Å². The zero-order valence-electron chi connectivity index (χ0n) is 14.0. The molecule has 3 rings (SSSR count). The fourth-order valence-electron chi connectivity index (χ4n) is 2.28. The van der Waals surface area contributed by atoms with Crippen molar-refractivity contribution in [2.24, 2.45) is 4.40 Å². The van der Waals surface area contributed by atoms with E-state index in [4.69, 9.17) is 16.3 Å². The first-order valence-corrected chi connectivity index (χ1v) is 9.66. The molecule has 0 aliphatic rings. The molecule has 0 saturated heterocycles. The summed E-state index contributed by atoms with van der Waals surface area (Å²) in [6.07, 6.45) is 0. The highest BCUT2D eigenvalue weighted by molar-refractivity contribution is 7.90. The van der Waals surface area contributed by atoms with Crippen molar-refractivity contribution in [1.29, 1.82) is 0 Å². The third-order valence-corrected chi connectivity index (χ3v) is 5.06. The molecule has 0 fully saturated rings. The summed E-state index contributed by atoms with van der Waals surface area (Å²) in [5, 5.41) is 0.451. The molecular formula is C20H16ClNO3S. The minimum absolute atomic E-state index is 0.00912. The number of ether oxygens (including phenoxy) is 1. The van der Waals surface area contributed by atoms with Crippen molar-refractivity contribution >= 4 is 27.5 Å². The Kier molecular flexibility index (Phi) is 5.40. The molecule has 0 aliphatic carbocycles. The van der Waals surface area contributed by atoms with Crippen LogP contribution >= 0.6 is 11.6 Å². The number of hydrogen-bond acceptors (Lipinski definition) is 3. The minimum atomic E-state index is -3.95. The molecule has 0 unspecified atom stereocenters. The molecule has 0 N–H and O–H groups in total. The van der Waals surface area contributed by atoms with Crippen LogP contribution in [0.25, 0.3) is 0 Å². The maximum atomic E-state index is 12.7. The van der Waals surface area contributed by atoms with E-state index in [1.807, 2.05) is 31.2 Å². The molecule has 26 heavy (non-hydrogen) atoms. The molecule has 0 aliphatic heterocycles. The van der Waals surface area contributed by atoms with Crippen LogP contribution in [0.3, 0.4) is 0 Å². The van der Waals surface area contributed by atoms with Crippen molar-refractivity contribution in [3.8, 4) is 5.75 Å². The molecule has 0 radical (unpaired) electrons. The zero-order valence-corrected chi connectivity index (χ0v) is 15.5. The highest BCUT2D eigenvalue weighted by Crippen LogP contribution is 2.19. The Balaban J connectivity index is 2.07. The summed E-state index contributed by atoms with van der Waals surface area (Å²) in [4.78, 5) is 0.0451. The number of para-hydroxylation sites is 1. The molecule has 0 spiro atoms. The first-order valence-electron chi connectivity index (χ1n) is 7.84. The highest BCUT2D eigenvalue weighted by atomic mass is 35.5. The highest BCUT2D eigenvalue weighted by Gasteiger charge is 2.17. The van der Waals surface area contributed by atoms with Crippen molar-refractivity contribution in [1.82, 2.24) is 0 Å². The molecule has 6 heteroatoms. The average molecular weight is 386 g/mol. The molecule has 0 bridgehead atoms. The topological polar surface area (TPSA) is 55.7 Å². The van der Waals surface area contributed by atoms with Gasteiger partial charge >= 0.3 is 0 Å². The van der Waals surface area contributed by atoms with Crippen molar-refractivity contribution in [3.63, 3.8) is 0 Å². The minimum Gasteiger partial charge on any atom is -0.438 e. The monoisotopic (exact) mass is 385 g/mol. The maximum Gasteiger partial charge on any atom is 0.285 e. The second-order valence-electron chi connectivity index (χ2n) is 5.61. The molecule has 3 aromatic carbocycles. The molecule has 0 amide bonds. The normalized spacial score (nSPS) is 12.0. The van der Waals surface area contributed by atoms with E-state index in [2.05, 4.69) is 4.40 Å². The van der Waals surface area contributed by atoms with E-state index in [1.165, 1.54) is 24.3 Å². The number of aryl methyl sites for hydroxylation is 1. The maximum absolute atomic E-state index is 12.7. The van der Waals surface area contributed by atoms with Gasteiger partial charge in [-0.3, -0.25) is 0 Å². The summed E-state index contributed by atoms with van der Waals surface area (Å²) in [7, 11) is -3.95. The summed E-state index contributed by atoms with van der Waals surface area (Å²) < 4.78 is 35.1. The Hall–Kier alpha value is -2.63. The predicted octanol–water partition coefficient (Wildman–Crippen LogP) is 4.86. The van der Waals surface area contributed by atoms with Crippen LogP contribution in [0.1, 0.15) is 11.1 Å². The first-order chi connectivity index (χ1) is 12.4. The van der Waals surface area contributed by atoms with E-state index >= 15 is 0 Å². The second-order valence-corrected chi connectivity index (χ2v) is 7.65. The van der Waals surface area contributed by atoms with Crippen molar-refractivity contribution in [3.05, 3.63) is 95.0 Å². The summed E-state index contributed by atoms with van der Waals surface area (Å²) in [6.45, 7) is 1.91. The van der Waals surface area contributed by atoms with Crippen LogP contribution in [0.5, 0.6) is 5.75 Å². The van der Waals surface area contributed by atoms with E-state index in [0.717, 1.165) is 5.56 Å². The standard InChI is InChI=1S/C20H16ClNO3S/c1-15-6-5-7-16(14-15)20(25-18-8-3-2-4-9-18)22-26(23,24)19-12-10-17(21)11-13-19/h2-14H,1H3. The summed E-state index contributed by atoms with van der Waals surface area (Å²) >= 11 is 5.83. The van der Waals surface area contributed by atoms with Gasteiger partial charge in [-0.15, -0.1) is 4.40 Å². The van der Waals surface area contributed by atoms with Crippen LogP contribution in [0.2, 0.25) is 5.02 Å². The largest absolute Gasteiger partial charge is 0.438 e. The van der Waals surface area contributed by atoms with Gasteiger partial charge in [0, 0.05) is 10.6 Å². The van der Waals surface area contributed by atoms with Crippen molar-refractivity contribution < 1.29 is 13.2 Å². The van der Waals surface area contributed by atoms with Crippen LogP contribution in [-0.2, 0) is 10.0 Å². The molecule has 0 saturated carbocycles. The fraction of sp³-hybridized carbons (Fsp3) is 0.0500. The zero-order chi connectivity index (χ0) is 18.6. The molecule has 3 aromatic rings. The summed E-state index contributed by atoms with van der Waals surface area (Å²) in [5.74, 6) is 0.508. The number of sulfonamides is 1. The number of nitrogens with zero attached hydrogens (tertiary/aromatic N) is 1. The van der Waals surface area contributed by atoms with Gasteiger partial charge in [-0.25, -0.2) is 0 Å². The van der Waals surface area contributed by atoms with Crippen molar-refractivity contribution in [2.75, 3.05) is 0 Å². The Morgan fingerprint density at radius 3 is 2.27 bits per heavy atom. The van der Waals surface area contributed by atoms with Gasteiger partial charge in [0.2, 0.25) is 5.90 Å². The van der Waals surface area contributed by atoms with Gasteiger partial charge in [-0.05, 0) is 55.5 Å². The van der Waals surface area contributed by atoms with E-state index in [1.54, 1.807) is 30.3 Å². The SMILES string of the molecule is Cc1cccc(C(=NS(=O)(=O)c2ccc(Cl)cc2)Oc2ccccc2)c1. The van der Waals surface area contributed by atoms with E-state index < -0.39 is 10.0 Å². The lowest BCUT2D eigenvalue weighted by Crippen LogP contribution is -2.14. The van der Waals surface area contributed by atoms with Gasteiger partial charge in [0.05, 0.1) is 4.90 Å². The van der Waals surface area contributed by atoms with Gasteiger partial charge in [0.25, 0.3) is 10.0 Å². The van der Waals surface area contributed by atoms with Crippen LogP contribution in [0.15, 0.2) is 88.2 Å². The predicted molar refractivity (Wildman–Crippen MR) is 103 cm³/mol. The quantitative estimate of drug-likeness (QED) is 0.476. The molecule has 132 valence electrons. The lowest BCUT2D eigenvalue weighted by atomic mass is 10.1. The van der Waals surface area contributed by atoms with Gasteiger partial charge in [-0.1, -0.05) is 47.5 Å². The van der Waals surface area contributed by atoms with Gasteiger partial charge < -0.3 is 4.74 Å². The Morgan fingerprint density at radius 1 is 0.923 bits per heavy atom. The average Bonchev–Trinajstić information content (AvgIpc) is 2.62. The fourth-order valence-corrected chi connectivity index (χ4v) is 3.35. The molecule has 0 heterocycles. The summed E-state index contributed by atoms with van der Waals surface area (Å²) in [6, 6.07) is 22.1. The molecule has 0 aromatic heterocycles. The van der Waals surface area contributed by atoms with Crippen LogP contribution in [0.4, 0.5) is 0 Å². The number of halogens is 1. The number of rotatable bonds is 4. The Labute approximate surface area is 157 Å². The number of hydrogen-bond donors (Lipinski definition) is 0. The Morgan fingerprint density at radius 2 is 1.62 bits per heavy atom. The first kappa shape index (κ1) is 18.2. The van der Waals surface area contributed by atoms with E-state index in [-0.39, 0.29) is 10.8 Å².